The minimum Gasteiger partial charge on any atom is -0.339 e. The number of non-ortho nitro benzene ring substituents is 1. The number of nitrogens with one attached hydrogen (secondary N) is 1. The summed E-state index contributed by atoms with van der Waals surface area (Å²) in [6, 6.07) is 4.95. The lowest BCUT2D eigenvalue weighted by atomic mass is 10.2. The van der Waals surface area contributed by atoms with E-state index < -0.39 is 4.92 Å². The summed E-state index contributed by atoms with van der Waals surface area (Å²) in [5.41, 5.74) is 0.286. The van der Waals surface area contributed by atoms with Crippen LogP contribution in [-0.4, -0.2) is 16.9 Å². The van der Waals surface area contributed by atoms with Gasteiger partial charge < -0.3 is 5.32 Å². The van der Waals surface area contributed by atoms with Crippen LogP contribution in [0, 0.1) is 22.5 Å². The molecule has 0 aromatic heterocycles. The second kappa shape index (κ2) is 4.94. The summed E-state index contributed by atoms with van der Waals surface area (Å²) < 4.78 is 0. The van der Waals surface area contributed by atoms with Gasteiger partial charge in [-0.25, -0.2) is 0 Å². The first-order chi connectivity index (χ1) is 7.54. The van der Waals surface area contributed by atoms with Gasteiger partial charge in [0.2, 0.25) is 0 Å². The summed E-state index contributed by atoms with van der Waals surface area (Å²) >= 11 is 0. The van der Waals surface area contributed by atoms with E-state index in [0.29, 0.717) is 5.56 Å². The lowest BCUT2D eigenvalue weighted by Crippen LogP contribution is -2.31. The van der Waals surface area contributed by atoms with Crippen molar-refractivity contribution in [3.05, 3.63) is 39.9 Å². The highest BCUT2D eigenvalue weighted by molar-refractivity contribution is 5.94. The second-order valence-electron chi connectivity index (χ2n) is 3.17. The molecule has 82 valence electrons. The zero-order valence-corrected chi connectivity index (χ0v) is 8.64. The lowest BCUT2D eigenvalue weighted by molar-refractivity contribution is -0.384. The molecule has 0 saturated heterocycles. The molecule has 1 rings (SSSR count). The van der Waals surface area contributed by atoms with E-state index in [4.69, 9.17) is 6.42 Å². The quantitative estimate of drug-likeness (QED) is 0.472. The molecule has 0 fully saturated rings. The van der Waals surface area contributed by atoms with E-state index in [1.165, 1.54) is 24.3 Å². The van der Waals surface area contributed by atoms with E-state index in [-0.39, 0.29) is 17.6 Å². The Morgan fingerprint density at radius 2 is 2.06 bits per heavy atom. The first-order valence-corrected chi connectivity index (χ1v) is 4.56. The summed E-state index contributed by atoms with van der Waals surface area (Å²) in [6.45, 7) is 1.67. The van der Waals surface area contributed by atoms with Crippen LogP contribution in [0.15, 0.2) is 24.3 Å². The van der Waals surface area contributed by atoms with Crippen molar-refractivity contribution in [3.63, 3.8) is 0 Å². The number of hydrogen-bond donors (Lipinski definition) is 1. The van der Waals surface area contributed by atoms with Gasteiger partial charge in [-0.05, 0) is 19.1 Å². The van der Waals surface area contributed by atoms with Crippen LogP contribution in [0.5, 0.6) is 0 Å². The number of carbonyl (C=O) groups excluding carboxylic acids is 1. The molecular formula is C11H10N2O3. The first kappa shape index (κ1) is 11.7. The van der Waals surface area contributed by atoms with Crippen molar-refractivity contribution in [3.8, 4) is 12.3 Å². The molecule has 0 heterocycles. The molecule has 0 aliphatic heterocycles. The van der Waals surface area contributed by atoms with Gasteiger partial charge in [0.25, 0.3) is 11.6 Å². The molecule has 0 radical (unpaired) electrons. The van der Waals surface area contributed by atoms with Crippen LogP contribution >= 0.6 is 0 Å². The Hall–Kier alpha value is -2.35. The van der Waals surface area contributed by atoms with Crippen LogP contribution in [0.1, 0.15) is 17.3 Å². The van der Waals surface area contributed by atoms with Gasteiger partial charge in [-0.15, -0.1) is 6.42 Å². The Balaban J connectivity index is 2.79. The van der Waals surface area contributed by atoms with E-state index in [2.05, 4.69) is 11.2 Å². The lowest BCUT2D eigenvalue weighted by Gasteiger charge is -2.06. The summed E-state index contributed by atoms with van der Waals surface area (Å²) in [5.74, 6) is 2.01. The molecule has 1 unspecified atom stereocenters. The van der Waals surface area contributed by atoms with Crippen molar-refractivity contribution < 1.29 is 9.72 Å². The molecule has 1 N–H and O–H groups in total. The normalized spacial score (nSPS) is 11.2. The Labute approximate surface area is 92.6 Å². The van der Waals surface area contributed by atoms with E-state index in [0.717, 1.165) is 0 Å². The molecule has 1 atom stereocenters. The Morgan fingerprint density at radius 1 is 1.50 bits per heavy atom. The largest absolute Gasteiger partial charge is 0.339 e. The molecule has 5 heteroatoms. The maximum absolute atomic E-state index is 11.5. The third-order valence-electron chi connectivity index (χ3n) is 1.94. The highest BCUT2D eigenvalue weighted by Crippen LogP contribution is 2.11. The number of nitrogens with zero attached hydrogens (tertiary/aromatic N) is 1. The smallest absolute Gasteiger partial charge is 0.269 e. The Bertz CT molecular complexity index is 445. The number of nitro benzene ring substituents is 1. The Morgan fingerprint density at radius 3 is 2.50 bits per heavy atom. The first-order valence-electron chi connectivity index (χ1n) is 4.56. The van der Waals surface area contributed by atoms with Crippen LogP contribution in [0.2, 0.25) is 0 Å². The van der Waals surface area contributed by atoms with Crippen molar-refractivity contribution >= 4 is 11.6 Å². The van der Waals surface area contributed by atoms with Crippen LogP contribution in [0.25, 0.3) is 0 Å². The third kappa shape index (κ3) is 2.82. The van der Waals surface area contributed by atoms with Gasteiger partial charge in [0, 0.05) is 17.7 Å². The van der Waals surface area contributed by atoms with Crippen molar-refractivity contribution in [2.75, 3.05) is 0 Å². The number of rotatable bonds is 3. The molecule has 0 aliphatic carbocycles. The molecule has 0 spiro atoms. The average Bonchev–Trinajstić information content (AvgIpc) is 2.28. The van der Waals surface area contributed by atoms with Gasteiger partial charge in [-0.1, -0.05) is 5.92 Å². The molecule has 0 aliphatic rings. The topological polar surface area (TPSA) is 72.2 Å². The zero-order valence-electron chi connectivity index (χ0n) is 8.64. The summed E-state index contributed by atoms with van der Waals surface area (Å²) in [6.07, 6.45) is 5.11. The maximum Gasteiger partial charge on any atom is 0.269 e. The minimum atomic E-state index is -0.522. The summed E-state index contributed by atoms with van der Waals surface area (Å²) in [4.78, 5) is 21.4. The molecule has 16 heavy (non-hydrogen) atoms. The van der Waals surface area contributed by atoms with E-state index in [1.807, 2.05) is 0 Å². The van der Waals surface area contributed by atoms with Gasteiger partial charge in [0.1, 0.15) is 0 Å². The zero-order chi connectivity index (χ0) is 12.1. The molecule has 0 saturated carbocycles. The SMILES string of the molecule is C#CC(C)NC(=O)c1ccc([N+](=O)[O-])cc1. The maximum atomic E-state index is 11.5. The number of terminal acetylenes is 1. The van der Waals surface area contributed by atoms with E-state index in [1.54, 1.807) is 6.92 Å². The molecule has 1 aromatic rings. The standard InChI is InChI=1S/C11H10N2O3/c1-3-8(2)12-11(14)9-4-6-10(7-5-9)13(15)16/h1,4-8H,2H3,(H,12,14). The average molecular weight is 218 g/mol. The fourth-order valence-corrected chi connectivity index (χ4v) is 1.06. The monoisotopic (exact) mass is 218 g/mol. The fourth-order valence-electron chi connectivity index (χ4n) is 1.06. The summed E-state index contributed by atoms with van der Waals surface area (Å²) in [7, 11) is 0. The highest BCUT2D eigenvalue weighted by atomic mass is 16.6. The van der Waals surface area contributed by atoms with Crippen LogP contribution in [0.3, 0.4) is 0 Å². The van der Waals surface area contributed by atoms with Gasteiger partial charge in [0.15, 0.2) is 0 Å². The van der Waals surface area contributed by atoms with Gasteiger partial charge in [0.05, 0.1) is 11.0 Å². The number of hydrogen-bond acceptors (Lipinski definition) is 3. The number of amides is 1. The van der Waals surface area contributed by atoms with Gasteiger partial charge >= 0.3 is 0 Å². The van der Waals surface area contributed by atoms with Crippen molar-refractivity contribution in [2.24, 2.45) is 0 Å². The predicted molar refractivity (Wildman–Crippen MR) is 58.9 cm³/mol. The molecule has 5 nitrogen and oxygen atoms in total. The van der Waals surface area contributed by atoms with Gasteiger partial charge in [-0.2, -0.15) is 0 Å². The Kier molecular flexibility index (Phi) is 3.62. The van der Waals surface area contributed by atoms with E-state index >= 15 is 0 Å². The predicted octanol–water partition coefficient (Wildman–Crippen LogP) is 1.35. The van der Waals surface area contributed by atoms with Crippen molar-refractivity contribution in [1.82, 2.24) is 5.32 Å². The van der Waals surface area contributed by atoms with Crippen LogP contribution in [0.4, 0.5) is 5.69 Å². The molecule has 1 amide bonds. The molecular weight excluding hydrogens is 208 g/mol. The van der Waals surface area contributed by atoms with Crippen molar-refractivity contribution in [2.45, 2.75) is 13.0 Å². The fraction of sp³-hybridized carbons (Fsp3) is 0.182. The van der Waals surface area contributed by atoms with Crippen LogP contribution in [-0.2, 0) is 0 Å². The highest BCUT2D eigenvalue weighted by Gasteiger charge is 2.10. The molecule has 1 aromatic carbocycles. The summed E-state index contributed by atoms with van der Waals surface area (Å²) in [5, 5.41) is 12.9. The molecule has 0 bridgehead atoms. The second-order valence-corrected chi connectivity index (χ2v) is 3.17. The number of nitro groups is 1. The van der Waals surface area contributed by atoms with Crippen molar-refractivity contribution in [1.29, 1.82) is 0 Å². The third-order valence-corrected chi connectivity index (χ3v) is 1.94. The minimum absolute atomic E-state index is 0.0541. The van der Waals surface area contributed by atoms with Gasteiger partial charge in [-0.3, -0.25) is 14.9 Å². The van der Waals surface area contributed by atoms with E-state index in [9.17, 15) is 14.9 Å². The number of benzene rings is 1. The number of carbonyl (C=O) groups is 1. The van der Waals surface area contributed by atoms with Crippen LogP contribution < -0.4 is 5.32 Å².